The van der Waals surface area contributed by atoms with Crippen molar-refractivity contribution in [1.29, 1.82) is 0 Å². The van der Waals surface area contributed by atoms with Gasteiger partial charge in [0.15, 0.2) is 5.89 Å². The van der Waals surface area contributed by atoms with Crippen molar-refractivity contribution in [3.05, 3.63) is 82.1 Å². The van der Waals surface area contributed by atoms with E-state index in [0.717, 1.165) is 24.1 Å². The molecule has 0 bridgehead atoms. The molecule has 1 atom stereocenters. The zero-order chi connectivity index (χ0) is 22.8. The van der Waals surface area contributed by atoms with Crippen LogP contribution in [0.5, 0.6) is 0 Å². The molecular formula is C24H25FN4O3. The van der Waals surface area contributed by atoms with Crippen LogP contribution >= 0.6 is 0 Å². The van der Waals surface area contributed by atoms with Crippen molar-refractivity contribution in [3.8, 4) is 0 Å². The third-order valence-corrected chi connectivity index (χ3v) is 5.67. The second-order valence-corrected chi connectivity index (χ2v) is 7.98. The van der Waals surface area contributed by atoms with E-state index in [1.54, 1.807) is 49.9 Å². The van der Waals surface area contributed by atoms with E-state index in [9.17, 15) is 14.0 Å². The van der Waals surface area contributed by atoms with Crippen molar-refractivity contribution in [2.75, 3.05) is 6.54 Å². The Morgan fingerprint density at radius 2 is 1.84 bits per heavy atom. The van der Waals surface area contributed by atoms with Gasteiger partial charge in [0.25, 0.3) is 11.8 Å². The molecule has 0 spiro atoms. The monoisotopic (exact) mass is 436 g/mol. The van der Waals surface area contributed by atoms with Gasteiger partial charge in [-0.25, -0.2) is 9.37 Å². The first-order valence-corrected chi connectivity index (χ1v) is 10.6. The fourth-order valence-electron chi connectivity index (χ4n) is 4.06. The van der Waals surface area contributed by atoms with E-state index in [-0.39, 0.29) is 29.4 Å². The van der Waals surface area contributed by atoms with Crippen molar-refractivity contribution < 1.29 is 18.4 Å². The van der Waals surface area contributed by atoms with E-state index in [0.29, 0.717) is 35.9 Å². The van der Waals surface area contributed by atoms with Crippen LogP contribution in [0.1, 0.15) is 68.3 Å². The Labute approximate surface area is 185 Å². The number of carbonyl (C=O) groups is 2. The predicted octanol–water partition coefficient (Wildman–Crippen LogP) is 4.04. The van der Waals surface area contributed by atoms with Crippen LogP contribution < -0.4 is 5.32 Å². The number of pyridine rings is 1. The molecule has 3 aromatic rings. The van der Waals surface area contributed by atoms with Crippen LogP contribution in [0.3, 0.4) is 0 Å². The highest BCUT2D eigenvalue weighted by molar-refractivity contribution is 5.95. The fourth-order valence-corrected chi connectivity index (χ4v) is 4.06. The number of likely N-dealkylation sites (tertiary alicyclic amines) is 1. The van der Waals surface area contributed by atoms with Crippen molar-refractivity contribution in [1.82, 2.24) is 20.2 Å². The normalized spacial score (nSPS) is 15.8. The highest BCUT2D eigenvalue weighted by Crippen LogP contribution is 2.33. The molecule has 0 saturated carbocycles. The molecule has 1 N–H and O–H groups in total. The number of amides is 2. The van der Waals surface area contributed by atoms with E-state index < -0.39 is 0 Å². The largest absolute Gasteiger partial charge is 0.436 e. The molecule has 1 aliphatic heterocycles. The minimum Gasteiger partial charge on any atom is -0.436 e. The van der Waals surface area contributed by atoms with Crippen LogP contribution in [0.15, 0.2) is 40.8 Å². The van der Waals surface area contributed by atoms with Gasteiger partial charge < -0.3 is 14.6 Å². The smallest absolute Gasteiger partial charge is 0.292 e. The summed E-state index contributed by atoms with van der Waals surface area (Å²) in [6.07, 6.45) is 1.66. The molecule has 0 radical (unpaired) electrons. The standard InChI is InChI=1S/C24H25FN4O3/c1-14-19(23(30)26-13-17-6-8-18(25)9-7-17)10-11-20(28-14)21-5-4-12-29(21)24(31)22-15(2)27-16(3)32-22/h6-11,21H,4-5,12-13H2,1-3H3,(H,26,30)/t21-/m1/s1. The third kappa shape index (κ3) is 4.39. The van der Waals surface area contributed by atoms with E-state index in [4.69, 9.17) is 4.42 Å². The van der Waals surface area contributed by atoms with E-state index >= 15 is 0 Å². The van der Waals surface area contributed by atoms with Gasteiger partial charge >= 0.3 is 0 Å². The number of hydrogen-bond acceptors (Lipinski definition) is 5. The fraction of sp³-hybridized carbons (Fsp3) is 0.333. The van der Waals surface area contributed by atoms with E-state index in [2.05, 4.69) is 15.3 Å². The predicted molar refractivity (Wildman–Crippen MR) is 116 cm³/mol. The zero-order valence-corrected chi connectivity index (χ0v) is 18.3. The van der Waals surface area contributed by atoms with Gasteiger partial charge in [0.05, 0.1) is 28.7 Å². The summed E-state index contributed by atoms with van der Waals surface area (Å²) in [4.78, 5) is 36.3. The number of carbonyl (C=O) groups excluding carboxylic acids is 2. The van der Waals surface area contributed by atoms with Crippen LogP contribution in [-0.4, -0.2) is 33.2 Å². The lowest BCUT2D eigenvalue weighted by Crippen LogP contribution is -2.31. The van der Waals surface area contributed by atoms with Crippen LogP contribution in [0.4, 0.5) is 4.39 Å². The molecule has 0 aliphatic carbocycles. The van der Waals surface area contributed by atoms with E-state index in [1.165, 1.54) is 12.1 Å². The maximum atomic E-state index is 13.0. The Balaban J connectivity index is 1.48. The summed E-state index contributed by atoms with van der Waals surface area (Å²) in [5.74, 6) is -0.0256. The Hall–Kier alpha value is -3.55. The van der Waals surface area contributed by atoms with Gasteiger partial charge in [-0.15, -0.1) is 0 Å². The number of oxazole rings is 1. The first-order valence-electron chi connectivity index (χ1n) is 10.6. The number of aromatic nitrogens is 2. The summed E-state index contributed by atoms with van der Waals surface area (Å²) in [6, 6.07) is 9.35. The molecular weight excluding hydrogens is 411 g/mol. The van der Waals surface area contributed by atoms with Crippen molar-refractivity contribution in [2.45, 2.75) is 46.2 Å². The minimum absolute atomic E-state index is 0.178. The van der Waals surface area contributed by atoms with Crippen molar-refractivity contribution >= 4 is 11.8 Å². The number of benzene rings is 1. The molecule has 2 amide bonds. The van der Waals surface area contributed by atoms with Crippen LogP contribution in [0.25, 0.3) is 0 Å². The van der Waals surface area contributed by atoms with Crippen LogP contribution in [-0.2, 0) is 6.54 Å². The van der Waals surface area contributed by atoms with Crippen LogP contribution in [0, 0.1) is 26.6 Å². The molecule has 7 nitrogen and oxygen atoms in total. The van der Waals surface area contributed by atoms with Gasteiger partial charge in [-0.05, 0) is 56.5 Å². The maximum absolute atomic E-state index is 13.0. The van der Waals surface area contributed by atoms with Gasteiger partial charge in [0, 0.05) is 20.0 Å². The molecule has 2 aromatic heterocycles. The maximum Gasteiger partial charge on any atom is 0.292 e. The minimum atomic E-state index is -0.316. The molecule has 3 heterocycles. The quantitative estimate of drug-likeness (QED) is 0.652. The summed E-state index contributed by atoms with van der Waals surface area (Å²) < 4.78 is 18.6. The number of rotatable bonds is 5. The topological polar surface area (TPSA) is 88.3 Å². The van der Waals surface area contributed by atoms with Gasteiger partial charge in [-0.3, -0.25) is 14.6 Å². The average Bonchev–Trinajstić information content (AvgIpc) is 3.38. The lowest BCUT2D eigenvalue weighted by molar-refractivity contribution is 0.0697. The molecule has 166 valence electrons. The molecule has 1 aliphatic rings. The van der Waals surface area contributed by atoms with Gasteiger partial charge in [0.1, 0.15) is 5.82 Å². The Morgan fingerprint density at radius 3 is 2.50 bits per heavy atom. The molecule has 0 unspecified atom stereocenters. The number of halogens is 1. The molecule has 1 aromatic carbocycles. The van der Waals surface area contributed by atoms with Gasteiger partial charge in [0.2, 0.25) is 5.76 Å². The Bertz CT molecular complexity index is 1160. The second-order valence-electron chi connectivity index (χ2n) is 7.98. The SMILES string of the molecule is Cc1nc(C)c(C(=O)N2CCC[C@@H]2c2ccc(C(=O)NCc3ccc(F)cc3)c(C)n2)o1. The summed E-state index contributed by atoms with van der Waals surface area (Å²) in [5.41, 5.74) is 3.19. The second kappa shape index (κ2) is 8.90. The Kier molecular flexibility index (Phi) is 6.03. The lowest BCUT2D eigenvalue weighted by atomic mass is 10.1. The van der Waals surface area contributed by atoms with Gasteiger partial charge in [-0.2, -0.15) is 0 Å². The highest BCUT2D eigenvalue weighted by atomic mass is 19.1. The number of hydrogen-bond donors (Lipinski definition) is 1. The third-order valence-electron chi connectivity index (χ3n) is 5.67. The number of aryl methyl sites for hydroxylation is 3. The molecule has 4 rings (SSSR count). The molecule has 1 fully saturated rings. The summed E-state index contributed by atoms with van der Waals surface area (Å²) >= 11 is 0. The summed E-state index contributed by atoms with van der Waals surface area (Å²) in [5, 5.41) is 2.84. The lowest BCUT2D eigenvalue weighted by Gasteiger charge is -2.24. The summed E-state index contributed by atoms with van der Waals surface area (Å²) in [7, 11) is 0. The number of nitrogens with zero attached hydrogens (tertiary/aromatic N) is 3. The Morgan fingerprint density at radius 1 is 1.09 bits per heavy atom. The van der Waals surface area contributed by atoms with Gasteiger partial charge in [-0.1, -0.05) is 12.1 Å². The highest BCUT2D eigenvalue weighted by Gasteiger charge is 2.34. The zero-order valence-electron chi connectivity index (χ0n) is 18.3. The van der Waals surface area contributed by atoms with Crippen LogP contribution in [0.2, 0.25) is 0 Å². The van der Waals surface area contributed by atoms with Crippen molar-refractivity contribution in [3.63, 3.8) is 0 Å². The molecule has 8 heteroatoms. The number of nitrogens with one attached hydrogen (secondary N) is 1. The van der Waals surface area contributed by atoms with E-state index in [1.807, 2.05) is 0 Å². The molecule has 32 heavy (non-hydrogen) atoms. The first kappa shape index (κ1) is 21.7. The molecule has 1 saturated heterocycles. The average molecular weight is 436 g/mol. The van der Waals surface area contributed by atoms with Crippen molar-refractivity contribution in [2.24, 2.45) is 0 Å². The first-order chi connectivity index (χ1) is 15.3. The summed E-state index contributed by atoms with van der Waals surface area (Å²) in [6.45, 7) is 6.17.